The average Bonchev–Trinajstić information content (AvgIpc) is 2.60. The highest BCUT2D eigenvalue weighted by molar-refractivity contribution is 7.17. The van der Waals surface area contributed by atoms with Gasteiger partial charge in [0.25, 0.3) is 0 Å². The van der Waals surface area contributed by atoms with Gasteiger partial charge in [-0.3, -0.25) is 0 Å². The van der Waals surface area contributed by atoms with Crippen LogP contribution in [0.25, 0.3) is 0 Å². The van der Waals surface area contributed by atoms with Gasteiger partial charge in [-0.15, -0.1) is 9.24 Å². The van der Waals surface area contributed by atoms with E-state index in [1.807, 2.05) is 13.8 Å². The monoisotopic (exact) mass is 352 g/mol. The van der Waals surface area contributed by atoms with E-state index >= 15 is 0 Å². The van der Waals surface area contributed by atoms with Crippen molar-refractivity contribution in [3.8, 4) is 0 Å². The number of hydrogen-bond acceptors (Lipinski definition) is 0. The Hall–Kier alpha value is 0.430. The van der Waals surface area contributed by atoms with Crippen LogP contribution in [0, 0.1) is 35.5 Å². The molecule has 4 unspecified atom stereocenters. The van der Waals surface area contributed by atoms with Crippen LogP contribution in [-0.4, -0.2) is 5.66 Å². The normalized spacial score (nSPS) is 43.6. The molecule has 3 aliphatic carbocycles. The Morgan fingerprint density at radius 2 is 1.17 bits per heavy atom. The molecular weight excluding hydrogens is 307 g/mol. The summed E-state index contributed by atoms with van der Waals surface area (Å²) in [4.78, 5) is 0. The minimum atomic E-state index is 0.921. The van der Waals surface area contributed by atoms with Crippen molar-refractivity contribution >= 4 is 9.24 Å². The Bertz CT molecular complexity index is 323. The predicted molar refractivity (Wildman–Crippen MR) is 113 cm³/mol. The molecule has 142 valence electrons. The molecule has 0 aromatic carbocycles. The lowest BCUT2D eigenvalue weighted by molar-refractivity contribution is 0.138. The van der Waals surface area contributed by atoms with Gasteiger partial charge in [0, 0.05) is 0 Å². The molecule has 0 radical (unpaired) electrons. The van der Waals surface area contributed by atoms with E-state index in [1.165, 1.54) is 44.9 Å². The first-order valence-electron chi connectivity index (χ1n) is 11.4. The van der Waals surface area contributed by atoms with Gasteiger partial charge in [0.15, 0.2) is 0 Å². The highest BCUT2D eigenvalue weighted by atomic mass is 31.0. The van der Waals surface area contributed by atoms with E-state index in [9.17, 15) is 0 Å². The molecule has 0 nitrogen and oxygen atoms in total. The van der Waals surface area contributed by atoms with Crippen molar-refractivity contribution in [2.24, 2.45) is 35.5 Å². The van der Waals surface area contributed by atoms with Crippen LogP contribution in [0.3, 0.4) is 0 Å². The van der Waals surface area contributed by atoms with E-state index < -0.39 is 0 Å². The second-order valence-corrected chi connectivity index (χ2v) is 10.2. The molecule has 0 spiro atoms. The van der Waals surface area contributed by atoms with Crippen LogP contribution in [-0.2, 0) is 0 Å². The van der Waals surface area contributed by atoms with E-state index in [1.54, 1.807) is 32.1 Å². The van der Waals surface area contributed by atoms with Gasteiger partial charge < -0.3 is 0 Å². The maximum absolute atomic E-state index is 3.21. The predicted octanol–water partition coefficient (Wildman–Crippen LogP) is 7.72. The summed E-state index contributed by atoms with van der Waals surface area (Å²) in [7, 11) is 3.21. The lowest BCUT2D eigenvalue weighted by Gasteiger charge is -2.41. The average molecular weight is 353 g/mol. The van der Waals surface area contributed by atoms with Crippen molar-refractivity contribution in [1.29, 1.82) is 0 Å². The SMILES string of the molecule is CC.CC1CCC(CC2CCC(C3CCC(C)CC3P)CC2)CC1. The molecule has 0 aromatic heterocycles. The van der Waals surface area contributed by atoms with E-state index in [0.717, 1.165) is 41.2 Å². The fourth-order valence-electron chi connectivity index (χ4n) is 5.92. The molecule has 0 aromatic rings. The molecule has 0 heterocycles. The molecule has 0 aliphatic heterocycles. The Kier molecular flexibility index (Phi) is 9.11. The second kappa shape index (κ2) is 10.5. The van der Waals surface area contributed by atoms with Crippen molar-refractivity contribution in [3.63, 3.8) is 0 Å². The number of hydrogen-bond donors (Lipinski definition) is 0. The molecule has 0 bridgehead atoms. The molecule has 24 heavy (non-hydrogen) atoms. The zero-order chi connectivity index (χ0) is 17.5. The van der Waals surface area contributed by atoms with Gasteiger partial charge in [0.1, 0.15) is 0 Å². The van der Waals surface area contributed by atoms with E-state index in [4.69, 9.17) is 0 Å². The first-order valence-corrected chi connectivity index (χ1v) is 12.0. The molecule has 3 rings (SSSR count). The third kappa shape index (κ3) is 6.00. The summed E-state index contributed by atoms with van der Waals surface area (Å²) >= 11 is 0. The van der Waals surface area contributed by atoms with Crippen LogP contribution in [0.1, 0.15) is 105 Å². The topological polar surface area (TPSA) is 0 Å². The molecule has 0 saturated heterocycles. The largest absolute Gasteiger partial charge is 0.134 e. The van der Waals surface area contributed by atoms with Gasteiger partial charge in [-0.2, -0.15) is 0 Å². The van der Waals surface area contributed by atoms with E-state index in [-0.39, 0.29) is 0 Å². The summed E-state index contributed by atoms with van der Waals surface area (Å²) < 4.78 is 0. The Morgan fingerprint density at radius 1 is 0.667 bits per heavy atom. The lowest BCUT2D eigenvalue weighted by atomic mass is 9.67. The van der Waals surface area contributed by atoms with Gasteiger partial charge in [-0.05, 0) is 73.3 Å². The first-order chi connectivity index (χ1) is 11.6. The highest BCUT2D eigenvalue weighted by Crippen LogP contribution is 2.45. The summed E-state index contributed by atoms with van der Waals surface area (Å²) in [6, 6.07) is 0. The number of rotatable bonds is 3. The molecule has 3 fully saturated rings. The van der Waals surface area contributed by atoms with E-state index in [2.05, 4.69) is 23.1 Å². The first kappa shape index (κ1) is 20.7. The standard InChI is InChI=1S/C21H39P.C2H6/c1-15-3-6-17(7-4-15)14-18-8-10-19(11-9-18)20-12-5-16(2)13-21(20)22;1-2/h15-21H,3-14,22H2,1-2H3;1-2H3. The van der Waals surface area contributed by atoms with Gasteiger partial charge in [0.05, 0.1) is 0 Å². The maximum Gasteiger partial charge on any atom is -0.0231 e. The summed E-state index contributed by atoms with van der Waals surface area (Å²) in [6.07, 6.45) is 18.4. The molecule has 4 atom stereocenters. The highest BCUT2D eigenvalue weighted by Gasteiger charge is 2.34. The van der Waals surface area contributed by atoms with Crippen LogP contribution >= 0.6 is 9.24 Å². The summed E-state index contributed by atoms with van der Waals surface area (Å²) in [5.41, 5.74) is 0.921. The molecule has 1 heteroatoms. The fraction of sp³-hybridized carbons (Fsp3) is 1.00. The quantitative estimate of drug-likeness (QED) is 0.456. The third-order valence-electron chi connectivity index (χ3n) is 7.52. The molecular formula is C23H45P. The smallest absolute Gasteiger partial charge is 0.0231 e. The second-order valence-electron chi connectivity index (χ2n) is 9.39. The van der Waals surface area contributed by atoms with Crippen molar-refractivity contribution in [2.75, 3.05) is 0 Å². The zero-order valence-corrected chi connectivity index (χ0v) is 18.3. The van der Waals surface area contributed by atoms with Crippen molar-refractivity contribution in [2.45, 2.75) is 110 Å². The zero-order valence-electron chi connectivity index (χ0n) is 17.1. The molecule has 0 N–H and O–H groups in total. The molecule has 3 aliphatic rings. The Morgan fingerprint density at radius 3 is 1.71 bits per heavy atom. The van der Waals surface area contributed by atoms with Crippen molar-refractivity contribution in [1.82, 2.24) is 0 Å². The van der Waals surface area contributed by atoms with E-state index in [0.29, 0.717) is 0 Å². The fourth-order valence-corrected chi connectivity index (χ4v) is 6.89. The van der Waals surface area contributed by atoms with Crippen LogP contribution in [0.15, 0.2) is 0 Å². The van der Waals surface area contributed by atoms with Crippen LogP contribution in [0.2, 0.25) is 0 Å². The van der Waals surface area contributed by atoms with Gasteiger partial charge >= 0.3 is 0 Å². The van der Waals surface area contributed by atoms with Crippen molar-refractivity contribution < 1.29 is 0 Å². The summed E-state index contributed by atoms with van der Waals surface area (Å²) in [6.45, 7) is 8.90. The van der Waals surface area contributed by atoms with Crippen LogP contribution in [0.4, 0.5) is 0 Å². The molecule has 3 saturated carbocycles. The van der Waals surface area contributed by atoms with Crippen LogP contribution in [0.5, 0.6) is 0 Å². The third-order valence-corrected chi connectivity index (χ3v) is 8.28. The summed E-state index contributed by atoms with van der Waals surface area (Å²) in [5.74, 6) is 6.27. The maximum atomic E-state index is 3.21. The van der Waals surface area contributed by atoms with Gasteiger partial charge in [0.2, 0.25) is 0 Å². The Labute approximate surface area is 155 Å². The van der Waals surface area contributed by atoms with Crippen molar-refractivity contribution in [3.05, 3.63) is 0 Å². The lowest BCUT2D eigenvalue weighted by Crippen LogP contribution is -2.32. The Balaban J connectivity index is 0.00000100. The van der Waals surface area contributed by atoms with Gasteiger partial charge in [-0.1, -0.05) is 72.6 Å². The summed E-state index contributed by atoms with van der Waals surface area (Å²) in [5, 5.41) is 0. The van der Waals surface area contributed by atoms with Gasteiger partial charge in [-0.25, -0.2) is 0 Å². The molecule has 0 amide bonds. The minimum Gasteiger partial charge on any atom is -0.134 e. The van der Waals surface area contributed by atoms with Crippen LogP contribution < -0.4 is 0 Å². The minimum absolute atomic E-state index is 0.921.